The molecule has 1 heterocycles. The fourth-order valence-corrected chi connectivity index (χ4v) is 2.14. The number of hydrogen-bond acceptors (Lipinski definition) is 3. The first-order chi connectivity index (χ1) is 8.02. The number of nitrogen functional groups attached to an aromatic ring is 1. The van der Waals surface area contributed by atoms with Gasteiger partial charge in [0.15, 0.2) is 0 Å². The van der Waals surface area contributed by atoms with E-state index >= 15 is 0 Å². The largest absolute Gasteiger partial charge is 0.290 e. The minimum absolute atomic E-state index is 0.285. The van der Waals surface area contributed by atoms with Gasteiger partial charge in [-0.05, 0) is 44.0 Å². The molecule has 0 aliphatic carbocycles. The van der Waals surface area contributed by atoms with E-state index in [1.54, 1.807) is 6.07 Å². The van der Waals surface area contributed by atoms with Gasteiger partial charge in [-0.3, -0.25) is 15.2 Å². The molecule has 0 saturated heterocycles. The molecular formula is C13H15N3O. The Bertz CT molecular complexity index is 600. The average molecular weight is 229 g/mol. The summed E-state index contributed by atoms with van der Waals surface area (Å²) >= 11 is 0. The van der Waals surface area contributed by atoms with Crippen molar-refractivity contribution in [3.63, 3.8) is 0 Å². The van der Waals surface area contributed by atoms with Gasteiger partial charge in [-0.15, -0.1) is 0 Å². The maximum Gasteiger partial charge on any atom is 0.265 e. The zero-order valence-corrected chi connectivity index (χ0v) is 10.2. The van der Waals surface area contributed by atoms with Crippen LogP contribution in [0.3, 0.4) is 0 Å². The van der Waals surface area contributed by atoms with Crippen LogP contribution in [0.5, 0.6) is 0 Å². The van der Waals surface area contributed by atoms with Gasteiger partial charge in [0.25, 0.3) is 5.91 Å². The number of nitrogens with one attached hydrogen (secondary N) is 1. The predicted octanol–water partition coefficient (Wildman–Crippen LogP) is 1.76. The fraction of sp³-hybridized carbons (Fsp3) is 0.231. The van der Waals surface area contributed by atoms with E-state index in [-0.39, 0.29) is 5.91 Å². The Kier molecular flexibility index (Phi) is 2.81. The normalized spacial score (nSPS) is 10.6. The molecule has 4 nitrogen and oxygen atoms in total. The highest BCUT2D eigenvalue weighted by Gasteiger charge is 2.13. The molecule has 1 amide bonds. The van der Waals surface area contributed by atoms with Gasteiger partial charge >= 0.3 is 0 Å². The molecule has 88 valence electrons. The third-order valence-electron chi connectivity index (χ3n) is 2.75. The lowest BCUT2D eigenvalue weighted by Gasteiger charge is -2.10. The van der Waals surface area contributed by atoms with Crippen molar-refractivity contribution >= 4 is 16.8 Å². The molecule has 0 aliphatic rings. The van der Waals surface area contributed by atoms with Gasteiger partial charge in [0.1, 0.15) is 0 Å². The summed E-state index contributed by atoms with van der Waals surface area (Å²) in [5.74, 6) is 4.92. The molecule has 2 aromatic rings. The summed E-state index contributed by atoms with van der Waals surface area (Å²) in [6, 6.07) is 5.77. The SMILES string of the molecule is Cc1cc(C)c2c(C(=O)NN)cc(C)nc2c1. The number of nitrogens with zero attached hydrogens (tertiary/aromatic N) is 1. The molecule has 1 aromatic heterocycles. The monoisotopic (exact) mass is 229 g/mol. The number of nitrogens with two attached hydrogens (primary N) is 1. The third kappa shape index (κ3) is 1.99. The number of aryl methyl sites for hydroxylation is 3. The summed E-state index contributed by atoms with van der Waals surface area (Å²) in [6.45, 7) is 5.85. The lowest BCUT2D eigenvalue weighted by atomic mass is 10.0. The summed E-state index contributed by atoms with van der Waals surface area (Å²) in [5.41, 5.74) is 6.56. The fourth-order valence-electron chi connectivity index (χ4n) is 2.14. The number of rotatable bonds is 1. The van der Waals surface area contributed by atoms with Crippen LogP contribution in [0.15, 0.2) is 18.2 Å². The number of carbonyl (C=O) groups is 1. The summed E-state index contributed by atoms with van der Waals surface area (Å²) < 4.78 is 0. The van der Waals surface area contributed by atoms with Gasteiger partial charge in [0.05, 0.1) is 11.1 Å². The van der Waals surface area contributed by atoms with Crippen LogP contribution in [0.2, 0.25) is 0 Å². The number of carbonyl (C=O) groups excluding carboxylic acids is 1. The Morgan fingerprint density at radius 1 is 1.24 bits per heavy atom. The van der Waals surface area contributed by atoms with Gasteiger partial charge in [-0.25, -0.2) is 5.84 Å². The highest BCUT2D eigenvalue weighted by atomic mass is 16.2. The summed E-state index contributed by atoms with van der Waals surface area (Å²) in [4.78, 5) is 16.2. The minimum Gasteiger partial charge on any atom is -0.290 e. The van der Waals surface area contributed by atoms with Crippen LogP contribution in [0, 0.1) is 20.8 Å². The molecule has 1 aromatic carbocycles. The second-order valence-electron chi connectivity index (χ2n) is 4.26. The standard InChI is InChI=1S/C13H15N3O/c1-7-4-8(2)12-10(13(17)16-14)6-9(3)15-11(12)5-7/h4-6H,14H2,1-3H3,(H,16,17). The smallest absolute Gasteiger partial charge is 0.265 e. The Balaban J connectivity index is 2.87. The van der Waals surface area contributed by atoms with Crippen molar-refractivity contribution in [2.75, 3.05) is 0 Å². The molecule has 3 N–H and O–H groups in total. The number of pyridine rings is 1. The topological polar surface area (TPSA) is 68.0 Å². The highest BCUT2D eigenvalue weighted by Crippen LogP contribution is 2.23. The second kappa shape index (κ2) is 4.14. The predicted molar refractivity (Wildman–Crippen MR) is 67.6 cm³/mol. The molecule has 4 heteroatoms. The molecular weight excluding hydrogens is 214 g/mol. The van der Waals surface area contributed by atoms with E-state index in [0.717, 1.165) is 27.7 Å². The Morgan fingerprint density at radius 3 is 2.59 bits per heavy atom. The summed E-state index contributed by atoms with van der Waals surface area (Å²) in [7, 11) is 0. The molecule has 0 saturated carbocycles. The van der Waals surface area contributed by atoms with Crippen LogP contribution in [-0.2, 0) is 0 Å². The van der Waals surface area contributed by atoms with Crippen molar-refractivity contribution in [2.45, 2.75) is 20.8 Å². The van der Waals surface area contributed by atoms with Crippen molar-refractivity contribution in [1.82, 2.24) is 10.4 Å². The molecule has 17 heavy (non-hydrogen) atoms. The molecule has 0 bridgehead atoms. The Morgan fingerprint density at radius 2 is 1.94 bits per heavy atom. The second-order valence-corrected chi connectivity index (χ2v) is 4.26. The van der Waals surface area contributed by atoms with Crippen LogP contribution in [-0.4, -0.2) is 10.9 Å². The van der Waals surface area contributed by atoms with Crippen molar-refractivity contribution in [2.24, 2.45) is 5.84 Å². The van der Waals surface area contributed by atoms with Crippen molar-refractivity contribution < 1.29 is 4.79 Å². The van der Waals surface area contributed by atoms with Gasteiger partial charge in [-0.1, -0.05) is 6.07 Å². The molecule has 2 rings (SSSR count). The van der Waals surface area contributed by atoms with Crippen LogP contribution in [0.25, 0.3) is 10.9 Å². The van der Waals surface area contributed by atoms with Gasteiger partial charge in [0, 0.05) is 11.1 Å². The van der Waals surface area contributed by atoms with E-state index < -0.39 is 0 Å². The first kappa shape index (κ1) is 11.5. The number of hydrogen-bond donors (Lipinski definition) is 2. The number of aromatic nitrogens is 1. The van der Waals surface area contributed by atoms with E-state index in [0.29, 0.717) is 5.56 Å². The Hall–Kier alpha value is -1.94. The molecule has 0 unspecified atom stereocenters. The van der Waals surface area contributed by atoms with Crippen molar-refractivity contribution in [3.8, 4) is 0 Å². The number of hydrazine groups is 1. The van der Waals surface area contributed by atoms with Gasteiger partial charge in [-0.2, -0.15) is 0 Å². The van der Waals surface area contributed by atoms with Crippen LogP contribution >= 0.6 is 0 Å². The molecule has 0 spiro atoms. The van der Waals surface area contributed by atoms with Crippen LogP contribution < -0.4 is 11.3 Å². The molecule has 0 fully saturated rings. The van der Waals surface area contributed by atoms with Gasteiger partial charge in [0.2, 0.25) is 0 Å². The quantitative estimate of drug-likeness (QED) is 0.445. The lowest BCUT2D eigenvalue weighted by molar-refractivity contribution is 0.0955. The van der Waals surface area contributed by atoms with Crippen LogP contribution in [0.1, 0.15) is 27.2 Å². The zero-order chi connectivity index (χ0) is 12.6. The van der Waals surface area contributed by atoms with E-state index in [2.05, 4.69) is 10.4 Å². The van der Waals surface area contributed by atoms with E-state index in [4.69, 9.17) is 5.84 Å². The van der Waals surface area contributed by atoms with E-state index in [1.807, 2.05) is 32.9 Å². The summed E-state index contributed by atoms with van der Waals surface area (Å²) in [5, 5.41) is 0.865. The third-order valence-corrected chi connectivity index (χ3v) is 2.75. The maximum atomic E-state index is 11.8. The van der Waals surface area contributed by atoms with E-state index in [9.17, 15) is 4.79 Å². The van der Waals surface area contributed by atoms with E-state index in [1.165, 1.54) is 0 Å². The Labute approximate surface area is 99.8 Å². The van der Waals surface area contributed by atoms with Crippen LogP contribution in [0.4, 0.5) is 0 Å². The minimum atomic E-state index is -0.285. The highest BCUT2D eigenvalue weighted by molar-refractivity contribution is 6.07. The van der Waals surface area contributed by atoms with Gasteiger partial charge < -0.3 is 0 Å². The van der Waals surface area contributed by atoms with Crippen molar-refractivity contribution in [3.05, 3.63) is 40.6 Å². The number of fused-ring (bicyclic) bond motifs is 1. The lowest BCUT2D eigenvalue weighted by Crippen LogP contribution is -2.30. The average Bonchev–Trinajstić information content (AvgIpc) is 2.25. The zero-order valence-electron chi connectivity index (χ0n) is 10.2. The number of benzene rings is 1. The maximum absolute atomic E-state index is 11.8. The molecule has 0 aliphatic heterocycles. The summed E-state index contributed by atoms with van der Waals surface area (Å²) in [6.07, 6.45) is 0. The first-order valence-electron chi connectivity index (χ1n) is 5.42. The first-order valence-corrected chi connectivity index (χ1v) is 5.42. The number of amides is 1. The molecule has 0 radical (unpaired) electrons. The molecule has 0 atom stereocenters. The van der Waals surface area contributed by atoms with Crippen molar-refractivity contribution in [1.29, 1.82) is 0 Å².